The first-order valence-electron chi connectivity index (χ1n) is 12.5. The molecule has 2 atom stereocenters. The largest absolute Gasteiger partial charge is 0.439 e. The number of urea groups is 1. The average molecular weight is 557 g/mol. The van der Waals surface area contributed by atoms with Crippen molar-refractivity contribution >= 4 is 56.5 Å². The van der Waals surface area contributed by atoms with E-state index in [2.05, 4.69) is 32.5 Å². The summed E-state index contributed by atoms with van der Waals surface area (Å²) in [7, 11) is 0. The number of aromatic nitrogens is 2. The molecule has 1 aliphatic carbocycles. The fraction of sp³-hybridized carbons (Fsp3) is 0.207. The number of hydrogen-bond donors (Lipinski definition) is 3. The molecule has 1 unspecified atom stereocenters. The number of para-hydroxylation sites is 1. The van der Waals surface area contributed by atoms with Gasteiger partial charge in [0, 0.05) is 24.3 Å². The van der Waals surface area contributed by atoms with Crippen LogP contribution in [0.4, 0.5) is 21.9 Å². The first kappa shape index (κ1) is 26.8. The lowest BCUT2D eigenvalue weighted by atomic mass is 10.1. The van der Waals surface area contributed by atoms with Gasteiger partial charge < -0.3 is 20.7 Å². The minimum atomic E-state index is -0.408. The van der Waals surface area contributed by atoms with Crippen molar-refractivity contribution in [2.75, 3.05) is 10.2 Å². The molecule has 0 bridgehead atoms. The predicted octanol–water partition coefficient (Wildman–Crippen LogP) is 5.76. The predicted molar refractivity (Wildman–Crippen MR) is 155 cm³/mol. The third-order valence-electron chi connectivity index (χ3n) is 6.70. The van der Waals surface area contributed by atoms with Crippen LogP contribution in [0.1, 0.15) is 36.4 Å². The molecule has 4 heterocycles. The number of rotatable bonds is 7. The maximum absolute atomic E-state index is 13.3. The number of nitrogens with one attached hydrogen (secondary N) is 3. The van der Waals surface area contributed by atoms with E-state index < -0.39 is 6.03 Å². The topological polar surface area (TPSA) is 126 Å². The Hall–Kier alpha value is -4.77. The van der Waals surface area contributed by atoms with Gasteiger partial charge >= 0.3 is 6.03 Å². The maximum atomic E-state index is 13.3. The Bertz CT molecular complexity index is 1590. The van der Waals surface area contributed by atoms with Crippen molar-refractivity contribution in [2.24, 2.45) is 0 Å². The van der Waals surface area contributed by atoms with Crippen LogP contribution in [0.25, 0.3) is 10.2 Å². The lowest BCUT2D eigenvalue weighted by Gasteiger charge is -2.28. The second kappa shape index (κ2) is 11.1. The zero-order valence-electron chi connectivity index (χ0n) is 20.7. The molecule has 1 aliphatic heterocycles. The Kier molecular flexibility index (Phi) is 7.47. The van der Waals surface area contributed by atoms with Gasteiger partial charge in [0.25, 0.3) is 5.91 Å². The molecule has 40 heavy (non-hydrogen) atoms. The normalized spacial score (nSPS) is 17.5. The summed E-state index contributed by atoms with van der Waals surface area (Å²) >= 11 is 1.23. The van der Waals surface area contributed by atoms with E-state index >= 15 is 0 Å². The molecular formula is C29H28N6O4S. The molecule has 0 saturated heterocycles. The van der Waals surface area contributed by atoms with Crippen LogP contribution in [0.3, 0.4) is 0 Å². The molecular weight excluding hydrogens is 528 g/mol. The number of anilines is 3. The van der Waals surface area contributed by atoms with Crippen LogP contribution in [-0.2, 0) is 4.79 Å². The smallest absolute Gasteiger partial charge is 0.331 e. The summed E-state index contributed by atoms with van der Waals surface area (Å²) in [6.45, 7) is 3.48. The van der Waals surface area contributed by atoms with E-state index in [4.69, 9.17) is 4.74 Å². The molecule has 6 rings (SSSR count). The Labute approximate surface area is 235 Å². The van der Waals surface area contributed by atoms with Crippen LogP contribution in [0, 0.1) is 0 Å². The minimum absolute atomic E-state index is 0. The molecule has 3 N–H and O–H groups in total. The lowest BCUT2D eigenvalue weighted by Crippen LogP contribution is -2.37. The number of pyridine rings is 2. The quantitative estimate of drug-likeness (QED) is 0.249. The molecule has 3 aromatic heterocycles. The summed E-state index contributed by atoms with van der Waals surface area (Å²) in [5.41, 5.74) is 1.60. The number of amides is 4. The molecule has 10 nitrogen and oxygen atoms in total. The molecule has 4 aromatic rings. The van der Waals surface area contributed by atoms with Gasteiger partial charge in [0.1, 0.15) is 15.5 Å². The first-order chi connectivity index (χ1) is 19.0. The number of benzene rings is 1. The summed E-state index contributed by atoms with van der Waals surface area (Å²) in [6.07, 6.45) is 6.57. The van der Waals surface area contributed by atoms with Crippen LogP contribution in [0.15, 0.2) is 73.6 Å². The van der Waals surface area contributed by atoms with Gasteiger partial charge in [-0.2, -0.15) is 0 Å². The highest BCUT2D eigenvalue weighted by Gasteiger charge is 2.34. The van der Waals surface area contributed by atoms with Gasteiger partial charge in [0.05, 0.1) is 28.6 Å². The van der Waals surface area contributed by atoms with Gasteiger partial charge in [-0.1, -0.05) is 32.2 Å². The van der Waals surface area contributed by atoms with Crippen LogP contribution in [-0.4, -0.2) is 39.9 Å². The third kappa shape index (κ3) is 5.10. The van der Waals surface area contributed by atoms with Crippen molar-refractivity contribution in [3.63, 3.8) is 0 Å². The monoisotopic (exact) mass is 556 g/mol. The summed E-state index contributed by atoms with van der Waals surface area (Å²) in [6, 6.07) is 14.0. The number of hydrogen-bond acceptors (Lipinski definition) is 7. The molecule has 1 saturated carbocycles. The zero-order chi connectivity index (χ0) is 26.9. The Balaban J connectivity index is 0.00000323. The fourth-order valence-corrected chi connectivity index (χ4v) is 5.95. The standard InChI is InChI=1S/C28H24N6O4S.CH4/c1-2-21(35)31-16-8-9-17(14-16)32-26(36)25-24-23-20(12-13-29-27(23)39-25)34(28(37)33-24)18-10-11-22(30-15-18)38-19-6-4-3-5-7-19;/h2-7,10-13,15-17H,1,8-9,14H2,(H,31,35)(H,32,36)(H,33,37);1H4/t16-,17?;/m1./s1. The van der Waals surface area contributed by atoms with E-state index in [1.165, 1.54) is 22.3 Å². The maximum Gasteiger partial charge on any atom is 0.331 e. The van der Waals surface area contributed by atoms with Crippen LogP contribution in [0.2, 0.25) is 0 Å². The number of thiophene rings is 1. The Morgan fingerprint density at radius 3 is 2.58 bits per heavy atom. The number of carbonyl (C=O) groups excluding carboxylic acids is 3. The zero-order valence-corrected chi connectivity index (χ0v) is 21.5. The SMILES string of the molecule is C.C=CC(=O)N[C@@H]1CCC(NC(=O)c2sc3nccc4c3c2NC(=O)N4c2ccc(Oc3ccccc3)nc2)C1. The molecule has 204 valence electrons. The van der Waals surface area contributed by atoms with Crippen LogP contribution < -0.4 is 25.6 Å². The second-order valence-electron chi connectivity index (χ2n) is 9.24. The summed E-state index contributed by atoms with van der Waals surface area (Å²) in [5.74, 6) is 0.557. The van der Waals surface area contributed by atoms with E-state index in [1.807, 2.05) is 30.3 Å². The molecule has 4 amide bonds. The highest BCUT2D eigenvalue weighted by molar-refractivity contribution is 7.21. The number of carbonyl (C=O) groups is 3. The Morgan fingerprint density at radius 1 is 1.07 bits per heavy atom. The summed E-state index contributed by atoms with van der Waals surface area (Å²) < 4.78 is 5.77. The van der Waals surface area contributed by atoms with Crippen LogP contribution >= 0.6 is 11.3 Å². The van der Waals surface area contributed by atoms with E-state index in [0.29, 0.717) is 50.2 Å². The van der Waals surface area contributed by atoms with Gasteiger partial charge in [-0.25, -0.2) is 14.8 Å². The molecule has 0 spiro atoms. The Morgan fingerprint density at radius 2 is 1.85 bits per heavy atom. The average Bonchev–Trinajstić information content (AvgIpc) is 3.55. The molecule has 1 aromatic carbocycles. The first-order valence-corrected chi connectivity index (χ1v) is 13.3. The second-order valence-corrected chi connectivity index (χ2v) is 10.2. The van der Waals surface area contributed by atoms with E-state index in [0.717, 1.165) is 12.8 Å². The summed E-state index contributed by atoms with van der Waals surface area (Å²) in [5, 5.41) is 9.53. The fourth-order valence-electron chi connectivity index (χ4n) is 4.93. The lowest BCUT2D eigenvalue weighted by molar-refractivity contribution is -0.117. The van der Waals surface area contributed by atoms with Crippen molar-refractivity contribution in [1.29, 1.82) is 0 Å². The van der Waals surface area contributed by atoms with Crippen molar-refractivity contribution in [3.8, 4) is 11.6 Å². The minimum Gasteiger partial charge on any atom is -0.439 e. The molecule has 2 aliphatic rings. The highest BCUT2D eigenvalue weighted by atomic mass is 32.1. The van der Waals surface area contributed by atoms with E-state index in [9.17, 15) is 14.4 Å². The van der Waals surface area contributed by atoms with Gasteiger partial charge in [-0.15, -0.1) is 11.3 Å². The van der Waals surface area contributed by atoms with E-state index in [-0.39, 0.29) is 31.3 Å². The van der Waals surface area contributed by atoms with Gasteiger partial charge in [-0.05, 0) is 49.6 Å². The van der Waals surface area contributed by atoms with Gasteiger partial charge in [0.2, 0.25) is 11.8 Å². The number of ether oxygens (including phenoxy) is 1. The van der Waals surface area contributed by atoms with Crippen LogP contribution in [0.5, 0.6) is 11.6 Å². The van der Waals surface area contributed by atoms with Crippen molar-refractivity contribution in [3.05, 3.63) is 78.5 Å². The van der Waals surface area contributed by atoms with E-state index in [1.54, 1.807) is 30.6 Å². The number of nitrogens with zero attached hydrogens (tertiary/aromatic N) is 3. The van der Waals surface area contributed by atoms with Crippen molar-refractivity contribution in [2.45, 2.75) is 38.8 Å². The van der Waals surface area contributed by atoms with Crippen molar-refractivity contribution < 1.29 is 19.1 Å². The third-order valence-corrected chi connectivity index (χ3v) is 7.79. The molecule has 11 heteroatoms. The summed E-state index contributed by atoms with van der Waals surface area (Å²) in [4.78, 5) is 49.6. The van der Waals surface area contributed by atoms with Crippen molar-refractivity contribution in [1.82, 2.24) is 20.6 Å². The van der Waals surface area contributed by atoms with Gasteiger partial charge in [0.15, 0.2) is 0 Å². The highest BCUT2D eigenvalue weighted by Crippen LogP contribution is 2.45. The molecule has 0 radical (unpaired) electrons. The van der Waals surface area contributed by atoms with Gasteiger partial charge in [-0.3, -0.25) is 14.5 Å². The molecule has 1 fully saturated rings.